The number of rotatable bonds is 11. The normalized spacial score (nSPS) is 16.0. The largest absolute Gasteiger partial charge is 0.469 e. The third-order valence-electron chi connectivity index (χ3n) is 5.41. The van der Waals surface area contributed by atoms with E-state index in [1.165, 1.54) is 18.4 Å². The molecule has 0 radical (unpaired) electrons. The number of halogens is 1. The first-order valence-electron chi connectivity index (χ1n) is 10.4. The van der Waals surface area contributed by atoms with Crippen LogP contribution in [0.5, 0.6) is 0 Å². The molecule has 1 aliphatic rings. The van der Waals surface area contributed by atoms with Gasteiger partial charge in [-0.1, -0.05) is 30.3 Å². The molecule has 0 bridgehead atoms. The smallest absolute Gasteiger partial charge is 0.191 e. The Morgan fingerprint density at radius 2 is 2.00 bits per heavy atom. The summed E-state index contributed by atoms with van der Waals surface area (Å²) in [6.45, 7) is 7.47. The molecule has 160 valence electrons. The molecule has 1 fully saturated rings. The van der Waals surface area contributed by atoms with E-state index in [4.69, 9.17) is 14.1 Å². The van der Waals surface area contributed by atoms with Crippen LogP contribution in [0.2, 0.25) is 0 Å². The van der Waals surface area contributed by atoms with Crippen LogP contribution in [0, 0.1) is 5.41 Å². The lowest BCUT2D eigenvalue weighted by Gasteiger charge is -2.20. The van der Waals surface area contributed by atoms with Crippen molar-refractivity contribution >= 4 is 29.9 Å². The number of aliphatic imine (C=N–C) groups is 1. The van der Waals surface area contributed by atoms with Gasteiger partial charge in [0, 0.05) is 32.7 Å². The van der Waals surface area contributed by atoms with Gasteiger partial charge in [0.05, 0.1) is 12.3 Å². The van der Waals surface area contributed by atoms with Crippen LogP contribution >= 0.6 is 24.0 Å². The van der Waals surface area contributed by atoms with E-state index in [0.29, 0.717) is 5.41 Å². The average molecular weight is 511 g/mol. The number of furan rings is 1. The van der Waals surface area contributed by atoms with Crippen LogP contribution in [-0.4, -0.2) is 32.3 Å². The maximum Gasteiger partial charge on any atom is 0.191 e. The first-order valence-corrected chi connectivity index (χ1v) is 10.4. The summed E-state index contributed by atoms with van der Waals surface area (Å²) >= 11 is 0. The molecule has 1 saturated carbocycles. The molecule has 1 unspecified atom stereocenters. The predicted octanol–water partition coefficient (Wildman–Crippen LogP) is 4.94. The Hall–Kier alpha value is -1.54. The number of hydrogen-bond donors (Lipinski definition) is 2. The molecule has 0 spiro atoms. The molecule has 1 aliphatic carbocycles. The SMILES string of the molecule is CCOCCC1(CN=C(NCCc2ccco2)NC(C)c2ccccc2)CC1.I. The van der Waals surface area contributed by atoms with Crippen molar-refractivity contribution in [3.63, 3.8) is 0 Å². The van der Waals surface area contributed by atoms with Gasteiger partial charge >= 0.3 is 0 Å². The second-order valence-corrected chi connectivity index (χ2v) is 7.64. The van der Waals surface area contributed by atoms with Crippen molar-refractivity contribution in [1.29, 1.82) is 0 Å². The van der Waals surface area contributed by atoms with Crippen LogP contribution in [0.25, 0.3) is 0 Å². The number of hydrogen-bond acceptors (Lipinski definition) is 3. The number of nitrogens with one attached hydrogen (secondary N) is 2. The molecule has 1 aromatic carbocycles. The number of nitrogens with zero attached hydrogens (tertiary/aromatic N) is 1. The Balaban J connectivity index is 0.00000300. The summed E-state index contributed by atoms with van der Waals surface area (Å²) < 4.78 is 11.0. The van der Waals surface area contributed by atoms with E-state index in [1.807, 2.05) is 25.1 Å². The molecule has 2 aromatic rings. The fourth-order valence-corrected chi connectivity index (χ4v) is 3.29. The first kappa shape index (κ1) is 23.7. The van der Waals surface area contributed by atoms with Gasteiger partial charge in [-0.2, -0.15) is 0 Å². The van der Waals surface area contributed by atoms with E-state index >= 15 is 0 Å². The Kier molecular flexibility index (Phi) is 10.0. The van der Waals surface area contributed by atoms with Crippen molar-refractivity contribution in [3.8, 4) is 0 Å². The Labute approximate surface area is 191 Å². The molecule has 6 heteroatoms. The van der Waals surface area contributed by atoms with Crippen molar-refractivity contribution in [2.75, 3.05) is 26.3 Å². The van der Waals surface area contributed by atoms with Gasteiger partial charge in [-0.3, -0.25) is 4.99 Å². The highest BCUT2D eigenvalue weighted by molar-refractivity contribution is 14.0. The van der Waals surface area contributed by atoms with Crippen LogP contribution in [0.4, 0.5) is 0 Å². The summed E-state index contributed by atoms with van der Waals surface area (Å²) in [5, 5.41) is 7.03. The van der Waals surface area contributed by atoms with Crippen LogP contribution in [-0.2, 0) is 11.2 Å². The molecule has 29 heavy (non-hydrogen) atoms. The molecule has 1 atom stereocenters. The van der Waals surface area contributed by atoms with Crippen LogP contribution < -0.4 is 10.6 Å². The summed E-state index contributed by atoms with van der Waals surface area (Å²) in [5.74, 6) is 1.85. The van der Waals surface area contributed by atoms with Gasteiger partial charge in [0.1, 0.15) is 5.76 Å². The Morgan fingerprint density at radius 1 is 1.21 bits per heavy atom. The third-order valence-corrected chi connectivity index (χ3v) is 5.41. The molecule has 0 amide bonds. The minimum absolute atomic E-state index is 0. The molecule has 0 saturated heterocycles. The zero-order chi connectivity index (χ0) is 19.7. The summed E-state index contributed by atoms with van der Waals surface area (Å²) in [7, 11) is 0. The van der Waals surface area contributed by atoms with E-state index in [9.17, 15) is 0 Å². The van der Waals surface area contributed by atoms with E-state index in [-0.39, 0.29) is 30.0 Å². The molecule has 1 heterocycles. The van der Waals surface area contributed by atoms with Crippen molar-refractivity contribution < 1.29 is 9.15 Å². The van der Waals surface area contributed by atoms with Crippen LogP contribution in [0.1, 0.15) is 50.5 Å². The number of benzene rings is 1. The lowest BCUT2D eigenvalue weighted by atomic mass is 10.0. The fraction of sp³-hybridized carbons (Fsp3) is 0.522. The highest BCUT2D eigenvalue weighted by atomic mass is 127. The van der Waals surface area contributed by atoms with E-state index in [1.54, 1.807) is 6.26 Å². The van der Waals surface area contributed by atoms with Gasteiger partial charge < -0.3 is 19.8 Å². The summed E-state index contributed by atoms with van der Waals surface area (Å²) in [6, 6.07) is 14.6. The predicted molar refractivity (Wildman–Crippen MR) is 129 cm³/mol. The molecule has 5 nitrogen and oxygen atoms in total. The fourth-order valence-electron chi connectivity index (χ4n) is 3.29. The van der Waals surface area contributed by atoms with Crippen molar-refractivity contribution in [3.05, 3.63) is 60.1 Å². The zero-order valence-corrected chi connectivity index (χ0v) is 19.9. The molecule has 3 rings (SSSR count). The van der Waals surface area contributed by atoms with E-state index in [2.05, 4.69) is 41.8 Å². The van der Waals surface area contributed by atoms with Gasteiger partial charge in [0.15, 0.2) is 5.96 Å². The minimum atomic E-state index is 0. The maximum atomic E-state index is 5.55. The van der Waals surface area contributed by atoms with Crippen molar-refractivity contribution in [2.45, 2.75) is 45.6 Å². The molecular weight excluding hydrogens is 477 g/mol. The second kappa shape index (κ2) is 12.2. The second-order valence-electron chi connectivity index (χ2n) is 7.64. The highest BCUT2D eigenvalue weighted by Crippen LogP contribution is 2.49. The molecule has 0 aliphatic heterocycles. The topological polar surface area (TPSA) is 58.8 Å². The average Bonchev–Trinajstić information content (AvgIpc) is 3.29. The number of guanidine groups is 1. The van der Waals surface area contributed by atoms with Crippen molar-refractivity contribution in [2.24, 2.45) is 10.4 Å². The van der Waals surface area contributed by atoms with E-state index < -0.39 is 0 Å². The maximum absolute atomic E-state index is 5.55. The Morgan fingerprint density at radius 3 is 2.66 bits per heavy atom. The minimum Gasteiger partial charge on any atom is -0.469 e. The van der Waals surface area contributed by atoms with Gasteiger partial charge in [-0.15, -0.1) is 24.0 Å². The standard InChI is InChI=1S/C23H33N3O2.HI/c1-3-27-17-14-23(12-13-23)18-25-22(24-15-11-21-10-7-16-28-21)26-19(2)20-8-5-4-6-9-20;/h4-10,16,19H,3,11-15,17-18H2,1-2H3,(H2,24,25,26);1H. The van der Waals surface area contributed by atoms with E-state index in [0.717, 1.165) is 50.9 Å². The van der Waals surface area contributed by atoms with Crippen molar-refractivity contribution in [1.82, 2.24) is 10.6 Å². The lowest BCUT2D eigenvalue weighted by molar-refractivity contribution is 0.129. The first-order chi connectivity index (χ1) is 13.7. The lowest BCUT2D eigenvalue weighted by Crippen LogP contribution is -2.40. The van der Waals surface area contributed by atoms with Gasteiger partial charge in [0.2, 0.25) is 0 Å². The monoisotopic (exact) mass is 511 g/mol. The summed E-state index contributed by atoms with van der Waals surface area (Å²) in [6.07, 6.45) is 6.14. The van der Waals surface area contributed by atoms with Gasteiger partial charge in [-0.25, -0.2) is 0 Å². The summed E-state index contributed by atoms with van der Waals surface area (Å²) in [4.78, 5) is 4.93. The van der Waals surface area contributed by atoms with Crippen LogP contribution in [0.15, 0.2) is 58.1 Å². The quantitative estimate of drug-likeness (QED) is 0.194. The number of ether oxygens (including phenoxy) is 1. The Bertz CT molecular complexity index is 715. The van der Waals surface area contributed by atoms with Gasteiger partial charge in [0.25, 0.3) is 0 Å². The van der Waals surface area contributed by atoms with Gasteiger partial charge in [-0.05, 0) is 56.2 Å². The third kappa shape index (κ3) is 8.01. The molecule has 2 N–H and O–H groups in total. The molecule has 1 aromatic heterocycles. The van der Waals surface area contributed by atoms with Crippen LogP contribution in [0.3, 0.4) is 0 Å². The summed E-state index contributed by atoms with van der Waals surface area (Å²) in [5.41, 5.74) is 1.58. The molecular formula is C23H34IN3O2. The highest BCUT2D eigenvalue weighted by Gasteiger charge is 2.41. The zero-order valence-electron chi connectivity index (χ0n) is 17.5.